The molecule has 0 radical (unpaired) electrons. The molecule has 100 valence electrons. The lowest BCUT2D eigenvalue weighted by Crippen LogP contribution is -2.34. The van der Waals surface area contributed by atoms with E-state index in [1.54, 1.807) is 0 Å². The molecule has 1 aliphatic carbocycles. The molecule has 0 spiro atoms. The Bertz CT molecular complexity index is 524. The van der Waals surface area contributed by atoms with Crippen LogP contribution in [0.3, 0.4) is 0 Å². The van der Waals surface area contributed by atoms with Gasteiger partial charge in [0.1, 0.15) is 0 Å². The summed E-state index contributed by atoms with van der Waals surface area (Å²) in [6.45, 7) is 3.99. The molecule has 4 heteroatoms. The van der Waals surface area contributed by atoms with Gasteiger partial charge in [0.25, 0.3) is 0 Å². The summed E-state index contributed by atoms with van der Waals surface area (Å²) >= 11 is 0. The van der Waals surface area contributed by atoms with Gasteiger partial charge in [-0.15, -0.1) is 0 Å². The number of hydrogen-bond acceptors (Lipinski definition) is 3. The van der Waals surface area contributed by atoms with Crippen LogP contribution in [0.5, 0.6) is 0 Å². The molecule has 2 N–H and O–H groups in total. The first-order valence-corrected chi connectivity index (χ1v) is 8.22. The number of rotatable bonds is 4. The fraction of sp³-hybridized carbons (Fsp3) is 0.571. The van der Waals surface area contributed by atoms with E-state index in [1.807, 2.05) is 38.1 Å². The number of fused-ring (bicyclic) bond motifs is 1. The Kier molecular flexibility index (Phi) is 3.78. The molecule has 0 heterocycles. The van der Waals surface area contributed by atoms with Gasteiger partial charge in [0.15, 0.2) is 9.84 Å². The molecule has 18 heavy (non-hydrogen) atoms. The standard InChI is InChI=1S/C14H21NO2S/c1-3-10(2)9-18(16,17)13-8-11-6-4-5-7-12(11)14(13)15/h4-7,10,13-14H,3,8-9,15H2,1-2H3. The first-order chi connectivity index (χ1) is 8.45. The minimum Gasteiger partial charge on any atom is -0.323 e. The Balaban J connectivity index is 2.23. The van der Waals surface area contributed by atoms with Crippen molar-refractivity contribution in [2.75, 3.05) is 5.75 Å². The molecule has 0 amide bonds. The molecule has 3 nitrogen and oxygen atoms in total. The predicted molar refractivity (Wildman–Crippen MR) is 74.1 cm³/mol. The van der Waals surface area contributed by atoms with E-state index in [0.717, 1.165) is 17.5 Å². The van der Waals surface area contributed by atoms with Crippen LogP contribution in [0.25, 0.3) is 0 Å². The van der Waals surface area contributed by atoms with Gasteiger partial charge < -0.3 is 5.73 Å². The lowest BCUT2D eigenvalue weighted by atomic mass is 10.1. The highest BCUT2D eigenvalue weighted by atomic mass is 32.2. The first kappa shape index (κ1) is 13.6. The highest BCUT2D eigenvalue weighted by Crippen LogP contribution is 2.34. The maximum Gasteiger partial charge on any atom is 0.155 e. The lowest BCUT2D eigenvalue weighted by molar-refractivity contribution is 0.540. The van der Waals surface area contributed by atoms with Crippen LogP contribution in [0.4, 0.5) is 0 Å². The van der Waals surface area contributed by atoms with Gasteiger partial charge in [-0.3, -0.25) is 0 Å². The van der Waals surface area contributed by atoms with Gasteiger partial charge in [0.05, 0.1) is 11.0 Å². The molecule has 3 unspecified atom stereocenters. The van der Waals surface area contributed by atoms with Crippen molar-refractivity contribution in [2.24, 2.45) is 11.7 Å². The molecule has 1 aliphatic rings. The van der Waals surface area contributed by atoms with E-state index < -0.39 is 15.1 Å². The second-order valence-corrected chi connectivity index (χ2v) is 7.57. The van der Waals surface area contributed by atoms with E-state index in [0.29, 0.717) is 6.42 Å². The largest absolute Gasteiger partial charge is 0.323 e. The number of hydrogen-bond donors (Lipinski definition) is 1. The molecule has 0 aromatic heterocycles. The third-order valence-electron chi connectivity index (χ3n) is 3.91. The Morgan fingerprint density at radius 2 is 2.06 bits per heavy atom. The highest BCUT2D eigenvalue weighted by molar-refractivity contribution is 7.92. The monoisotopic (exact) mass is 267 g/mol. The summed E-state index contributed by atoms with van der Waals surface area (Å²) in [5, 5.41) is -0.441. The SMILES string of the molecule is CCC(C)CS(=O)(=O)C1Cc2ccccc2C1N. The number of benzene rings is 1. The van der Waals surface area contributed by atoms with Crippen molar-refractivity contribution in [3.63, 3.8) is 0 Å². The van der Waals surface area contributed by atoms with Crippen molar-refractivity contribution >= 4 is 9.84 Å². The lowest BCUT2D eigenvalue weighted by Gasteiger charge is -2.19. The second kappa shape index (κ2) is 5.02. The van der Waals surface area contributed by atoms with Crippen molar-refractivity contribution < 1.29 is 8.42 Å². The Morgan fingerprint density at radius 1 is 1.39 bits per heavy atom. The van der Waals surface area contributed by atoms with Crippen molar-refractivity contribution in [2.45, 2.75) is 38.0 Å². The fourth-order valence-electron chi connectivity index (χ4n) is 2.58. The van der Waals surface area contributed by atoms with E-state index in [2.05, 4.69) is 0 Å². The van der Waals surface area contributed by atoms with Crippen LogP contribution in [0.1, 0.15) is 37.4 Å². The zero-order chi connectivity index (χ0) is 13.3. The normalized spacial score (nSPS) is 24.8. The maximum absolute atomic E-state index is 12.4. The summed E-state index contributed by atoms with van der Waals surface area (Å²) in [4.78, 5) is 0. The third kappa shape index (κ3) is 2.45. The maximum atomic E-state index is 12.4. The summed E-state index contributed by atoms with van der Waals surface area (Å²) in [6, 6.07) is 7.42. The minimum absolute atomic E-state index is 0.200. The predicted octanol–water partition coefficient (Wildman–Crippen LogP) is 2.07. The molecule has 0 saturated heterocycles. The van der Waals surface area contributed by atoms with Gasteiger partial charge in [-0.25, -0.2) is 8.42 Å². The summed E-state index contributed by atoms with van der Waals surface area (Å²) in [7, 11) is -3.11. The molecule has 1 aromatic rings. The first-order valence-electron chi connectivity index (χ1n) is 6.50. The van der Waals surface area contributed by atoms with E-state index >= 15 is 0 Å². The molecule has 2 rings (SSSR count). The Hall–Kier alpha value is -0.870. The minimum atomic E-state index is -3.11. The van der Waals surface area contributed by atoms with Crippen LogP contribution < -0.4 is 5.73 Å². The van der Waals surface area contributed by atoms with Gasteiger partial charge in [0, 0.05) is 6.04 Å². The van der Waals surface area contributed by atoms with E-state index in [9.17, 15) is 8.42 Å². The third-order valence-corrected chi connectivity index (χ3v) is 6.33. The fourth-order valence-corrected chi connectivity index (χ4v) is 4.88. The van der Waals surface area contributed by atoms with Gasteiger partial charge in [-0.05, 0) is 23.5 Å². The van der Waals surface area contributed by atoms with Crippen LogP contribution in [0.2, 0.25) is 0 Å². The molecular formula is C14H21NO2S. The Morgan fingerprint density at radius 3 is 2.67 bits per heavy atom. The summed E-state index contributed by atoms with van der Waals surface area (Å²) in [6.07, 6.45) is 1.45. The van der Waals surface area contributed by atoms with Crippen LogP contribution in [0, 0.1) is 5.92 Å². The van der Waals surface area contributed by atoms with Gasteiger partial charge in [-0.2, -0.15) is 0 Å². The van der Waals surface area contributed by atoms with E-state index in [-0.39, 0.29) is 17.7 Å². The van der Waals surface area contributed by atoms with Gasteiger partial charge in [-0.1, -0.05) is 44.5 Å². The van der Waals surface area contributed by atoms with E-state index in [4.69, 9.17) is 5.73 Å². The van der Waals surface area contributed by atoms with Crippen molar-refractivity contribution in [1.82, 2.24) is 0 Å². The second-order valence-electron chi connectivity index (χ2n) is 5.31. The van der Waals surface area contributed by atoms with Crippen molar-refractivity contribution in [3.8, 4) is 0 Å². The van der Waals surface area contributed by atoms with Gasteiger partial charge >= 0.3 is 0 Å². The zero-order valence-electron chi connectivity index (χ0n) is 11.0. The number of sulfone groups is 1. The van der Waals surface area contributed by atoms with Crippen LogP contribution in [0.15, 0.2) is 24.3 Å². The molecule has 0 saturated carbocycles. The molecule has 1 aromatic carbocycles. The average Bonchev–Trinajstić information content (AvgIpc) is 2.68. The van der Waals surface area contributed by atoms with Crippen LogP contribution in [-0.2, 0) is 16.3 Å². The Labute approximate surface area is 109 Å². The number of nitrogens with two attached hydrogens (primary N) is 1. The van der Waals surface area contributed by atoms with Gasteiger partial charge in [0.2, 0.25) is 0 Å². The van der Waals surface area contributed by atoms with Crippen LogP contribution in [-0.4, -0.2) is 19.4 Å². The molecule has 0 fully saturated rings. The van der Waals surface area contributed by atoms with E-state index in [1.165, 1.54) is 0 Å². The van der Waals surface area contributed by atoms with Crippen LogP contribution >= 0.6 is 0 Å². The molecule has 3 atom stereocenters. The molecule has 0 aliphatic heterocycles. The molecular weight excluding hydrogens is 246 g/mol. The summed E-state index contributed by atoms with van der Waals surface area (Å²) in [5.41, 5.74) is 8.20. The highest BCUT2D eigenvalue weighted by Gasteiger charge is 2.38. The smallest absolute Gasteiger partial charge is 0.155 e. The summed E-state index contributed by atoms with van der Waals surface area (Å²) < 4.78 is 24.8. The van der Waals surface area contributed by atoms with Crippen molar-refractivity contribution in [1.29, 1.82) is 0 Å². The zero-order valence-corrected chi connectivity index (χ0v) is 11.8. The quantitative estimate of drug-likeness (QED) is 0.908. The van der Waals surface area contributed by atoms with Crippen molar-refractivity contribution in [3.05, 3.63) is 35.4 Å². The topological polar surface area (TPSA) is 60.2 Å². The average molecular weight is 267 g/mol. The molecule has 0 bridgehead atoms. The summed E-state index contributed by atoms with van der Waals surface area (Å²) in [5.74, 6) is 0.446.